The van der Waals surface area contributed by atoms with E-state index in [0.717, 1.165) is 0 Å². The van der Waals surface area contributed by atoms with Gasteiger partial charge in [-0.3, -0.25) is 0 Å². The monoisotopic (exact) mass is 224 g/mol. The summed E-state index contributed by atoms with van der Waals surface area (Å²) >= 11 is 1.80. The predicted molar refractivity (Wildman–Crippen MR) is 65.1 cm³/mol. The summed E-state index contributed by atoms with van der Waals surface area (Å²) in [5.41, 5.74) is 0.198. The zero-order valence-corrected chi connectivity index (χ0v) is 10.4. The van der Waals surface area contributed by atoms with Gasteiger partial charge in [0.2, 0.25) is 0 Å². The van der Waals surface area contributed by atoms with E-state index in [9.17, 15) is 0 Å². The van der Waals surface area contributed by atoms with E-state index in [1.54, 1.807) is 11.3 Å². The van der Waals surface area contributed by atoms with Crippen molar-refractivity contribution in [1.29, 1.82) is 0 Å². The highest BCUT2D eigenvalue weighted by Crippen LogP contribution is 2.40. The largest absolute Gasteiger partial charge is 0.303 e. The van der Waals surface area contributed by atoms with Crippen molar-refractivity contribution in [2.45, 2.75) is 57.5 Å². The van der Waals surface area contributed by atoms with E-state index in [1.807, 2.05) is 6.20 Å². The van der Waals surface area contributed by atoms with E-state index in [-0.39, 0.29) is 5.54 Å². The Kier molecular flexibility index (Phi) is 3.42. The second-order valence-electron chi connectivity index (χ2n) is 4.58. The van der Waals surface area contributed by atoms with Crippen LogP contribution in [0.5, 0.6) is 0 Å². The van der Waals surface area contributed by atoms with Gasteiger partial charge < -0.3 is 5.32 Å². The molecule has 1 unspecified atom stereocenters. The summed E-state index contributed by atoms with van der Waals surface area (Å²) in [5.74, 6) is 0. The third-order valence-electron chi connectivity index (χ3n) is 3.43. The molecule has 1 atom stereocenters. The van der Waals surface area contributed by atoms with E-state index < -0.39 is 0 Å². The highest BCUT2D eigenvalue weighted by Gasteiger charge is 2.38. The van der Waals surface area contributed by atoms with Gasteiger partial charge in [-0.2, -0.15) is 0 Å². The second kappa shape index (κ2) is 4.62. The molecule has 0 radical (unpaired) electrons. The minimum atomic E-state index is 0.198. The van der Waals surface area contributed by atoms with Gasteiger partial charge in [0.05, 0.1) is 5.54 Å². The molecule has 0 saturated heterocycles. The number of hydrogen-bond donors (Lipinski definition) is 1. The van der Waals surface area contributed by atoms with Crippen LogP contribution in [0.25, 0.3) is 0 Å². The summed E-state index contributed by atoms with van der Waals surface area (Å²) in [6, 6.07) is 0.590. The molecule has 3 heteroatoms. The number of rotatable bonds is 4. The molecular formula is C12H20N2S. The third-order valence-corrected chi connectivity index (χ3v) is 4.41. The Morgan fingerprint density at radius 3 is 2.80 bits per heavy atom. The molecule has 0 spiro atoms. The quantitative estimate of drug-likeness (QED) is 0.849. The minimum absolute atomic E-state index is 0.198. The normalized spacial score (nSPS) is 21.7. The Morgan fingerprint density at radius 2 is 2.27 bits per heavy atom. The van der Waals surface area contributed by atoms with Crippen molar-refractivity contribution in [2.24, 2.45) is 0 Å². The Balaban J connectivity index is 2.17. The van der Waals surface area contributed by atoms with E-state index >= 15 is 0 Å². The molecule has 0 bridgehead atoms. The Bertz CT molecular complexity index is 289. The first kappa shape index (κ1) is 11.1. The fourth-order valence-corrected chi connectivity index (χ4v) is 3.29. The van der Waals surface area contributed by atoms with Crippen LogP contribution in [-0.2, 0) is 5.54 Å². The zero-order chi connectivity index (χ0) is 10.7. The molecule has 1 aromatic heterocycles. The Labute approximate surface area is 96.1 Å². The molecule has 0 aromatic carbocycles. The summed E-state index contributed by atoms with van der Waals surface area (Å²) in [7, 11) is 0. The predicted octanol–water partition coefficient (Wildman–Crippen LogP) is 3.30. The molecule has 1 aliphatic carbocycles. The maximum absolute atomic E-state index is 4.51. The van der Waals surface area contributed by atoms with Crippen molar-refractivity contribution >= 4 is 11.3 Å². The fourth-order valence-electron chi connectivity index (χ4n) is 2.43. The van der Waals surface area contributed by atoms with Crippen LogP contribution in [0.1, 0.15) is 51.0 Å². The van der Waals surface area contributed by atoms with Gasteiger partial charge >= 0.3 is 0 Å². The van der Waals surface area contributed by atoms with Crippen LogP contribution in [-0.4, -0.2) is 11.0 Å². The van der Waals surface area contributed by atoms with Crippen molar-refractivity contribution in [3.63, 3.8) is 0 Å². The van der Waals surface area contributed by atoms with Gasteiger partial charge in [-0.1, -0.05) is 19.8 Å². The van der Waals surface area contributed by atoms with Gasteiger partial charge in [0.25, 0.3) is 0 Å². The van der Waals surface area contributed by atoms with Crippen LogP contribution >= 0.6 is 11.3 Å². The first-order chi connectivity index (χ1) is 7.27. The average Bonchev–Trinajstić information content (AvgIpc) is 2.87. The topological polar surface area (TPSA) is 24.9 Å². The lowest BCUT2D eigenvalue weighted by Gasteiger charge is -2.31. The van der Waals surface area contributed by atoms with Gasteiger partial charge in [-0.15, -0.1) is 11.3 Å². The van der Waals surface area contributed by atoms with Crippen molar-refractivity contribution in [3.8, 4) is 0 Å². The summed E-state index contributed by atoms with van der Waals surface area (Å²) in [5, 5.41) is 7.18. The number of nitrogens with zero attached hydrogens (tertiary/aromatic N) is 1. The van der Waals surface area contributed by atoms with Crippen molar-refractivity contribution in [1.82, 2.24) is 10.3 Å². The van der Waals surface area contributed by atoms with Crippen LogP contribution in [0.2, 0.25) is 0 Å². The van der Waals surface area contributed by atoms with E-state index in [0.29, 0.717) is 6.04 Å². The van der Waals surface area contributed by atoms with E-state index in [4.69, 9.17) is 0 Å². The highest BCUT2D eigenvalue weighted by atomic mass is 32.1. The average molecular weight is 224 g/mol. The van der Waals surface area contributed by atoms with Crippen LogP contribution < -0.4 is 5.32 Å². The summed E-state index contributed by atoms with van der Waals surface area (Å²) in [6.07, 6.45) is 8.30. The van der Waals surface area contributed by atoms with Gasteiger partial charge in [-0.25, -0.2) is 4.98 Å². The third kappa shape index (κ3) is 2.23. The molecule has 15 heavy (non-hydrogen) atoms. The molecule has 1 fully saturated rings. The smallest absolute Gasteiger partial charge is 0.113 e. The maximum atomic E-state index is 4.51. The molecule has 1 aromatic rings. The Hall–Kier alpha value is -0.410. The summed E-state index contributed by atoms with van der Waals surface area (Å²) in [6.45, 7) is 4.51. The summed E-state index contributed by atoms with van der Waals surface area (Å²) < 4.78 is 0. The van der Waals surface area contributed by atoms with Gasteiger partial charge in [-0.05, 0) is 26.2 Å². The molecule has 2 nitrogen and oxygen atoms in total. The lowest BCUT2D eigenvalue weighted by atomic mass is 9.97. The fraction of sp³-hybridized carbons (Fsp3) is 0.750. The standard InChI is InChI=1S/C12H20N2S/c1-3-10(2)14-12(6-4-5-7-12)11-13-8-9-15-11/h8-10,14H,3-7H2,1-2H3. The molecule has 84 valence electrons. The minimum Gasteiger partial charge on any atom is -0.303 e. The molecule has 0 aliphatic heterocycles. The first-order valence-corrected chi connectivity index (χ1v) is 6.82. The van der Waals surface area contributed by atoms with E-state index in [1.165, 1.54) is 37.1 Å². The van der Waals surface area contributed by atoms with Crippen LogP contribution in [0.15, 0.2) is 11.6 Å². The van der Waals surface area contributed by atoms with Crippen molar-refractivity contribution in [3.05, 3.63) is 16.6 Å². The van der Waals surface area contributed by atoms with Crippen LogP contribution in [0.4, 0.5) is 0 Å². The maximum Gasteiger partial charge on any atom is 0.113 e. The number of thiazole rings is 1. The van der Waals surface area contributed by atoms with Crippen molar-refractivity contribution < 1.29 is 0 Å². The first-order valence-electron chi connectivity index (χ1n) is 5.94. The lowest BCUT2D eigenvalue weighted by Crippen LogP contribution is -2.44. The van der Waals surface area contributed by atoms with Crippen LogP contribution in [0.3, 0.4) is 0 Å². The van der Waals surface area contributed by atoms with Crippen molar-refractivity contribution in [2.75, 3.05) is 0 Å². The molecule has 0 amide bonds. The number of aromatic nitrogens is 1. The second-order valence-corrected chi connectivity index (χ2v) is 5.47. The highest BCUT2D eigenvalue weighted by molar-refractivity contribution is 7.09. The molecule has 1 heterocycles. The Morgan fingerprint density at radius 1 is 1.53 bits per heavy atom. The molecule has 1 N–H and O–H groups in total. The van der Waals surface area contributed by atoms with Crippen LogP contribution in [0, 0.1) is 0 Å². The van der Waals surface area contributed by atoms with Gasteiger partial charge in [0.15, 0.2) is 0 Å². The number of nitrogens with one attached hydrogen (secondary N) is 1. The van der Waals surface area contributed by atoms with Gasteiger partial charge in [0.1, 0.15) is 5.01 Å². The molecule has 1 saturated carbocycles. The lowest BCUT2D eigenvalue weighted by molar-refractivity contribution is 0.298. The molecule has 1 aliphatic rings. The van der Waals surface area contributed by atoms with E-state index in [2.05, 4.69) is 29.5 Å². The molecular weight excluding hydrogens is 204 g/mol. The molecule has 2 rings (SSSR count). The zero-order valence-electron chi connectivity index (χ0n) is 9.62. The summed E-state index contributed by atoms with van der Waals surface area (Å²) in [4.78, 5) is 4.51. The SMILES string of the molecule is CCC(C)NC1(c2nccs2)CCCC1. The van der Waals surface area contributed by atoms with Gasteiger partial charge in [0, 0.05) is 17.6 Å². The number of hydrogen-bond acceptors (Lipinski definition) is 3.